The van der Waals surface area contributed by atoms with Crippen molar-refractivity contribution in [1.29, 1.82) is 0 Å². The second-order valence-corrected chi connectivity index (χ2v) is 5.56. The van der Waals surface area contributed by atoms with E-state index in [2.05, 4.69) is 15.6 Å². The summed E-state index contributed by atoms with van der Waals surface area (Å²) in [5.74, 6) is -3.63. The van der Waals surface area contributed by atoms with Crippen molar-refractivity contribution < 1.29 is 18.4 Å². The van der Waals surface area contributed by atoms with Crippen LogP contribution < -0.4 is 10.6 Å². The highest BCUT2D eigenvalue weighted by Crippen LogP contribution is 2.19. The van der Waals surface area contributed by atoms with Gasteiger partial charge in [0, 0.05) is 18.0 Å². The Hall–Kier alpha value is -2.83. The predicted octanol–water partition coefficient (Wildman–Crippen LogP) is 2.81. The number of hydrogen-bond acceptors (Lipinski definition) is 3. The smallest absolute Gasteiger partial charge is 0.313 e. The lowest BCUT2D eigenvalue weighted by atomic mass is 10.0. The first-order valence-electron chi connectivity index (χ1n) is 7.35. The van der Waals surface area contributed by atoms with Crippen molar-refractivity contribution in [2.45, 2.75) is 19.9 Å². The molecule has 1 unspecified atom stereocenters. The highest BCUT2D eigenvalue weighted by Gasteiger charge is 2.23. The number of anilines is 1. The summed E-state index contributed by atoms with van der Waals surface area (Å²) in [6, 6.07) is 7.32. The van der Waals surface area contributed by atoms with E-state index in [1.807, 2.05) is 13.8 Å². The Morgan fingerprint density at radius 3 is 2.25 bits per heavy atom. The van der Waals surface area contributed by atoms with Gasteiger partial charge in [0.15, 0.2) is 0 Å². The van der Waals surface area contributed by atoms with Crippen molar-refractivity contribution in [3.8, 4) is 0 Å². The lowest BCUT2D eigenvalue weighted by Gasteiger charge is -2.21. The summed E-state index contributed by atoms with van der Waals surface area (Å²) in [5, 5.41) is 4.75. The minimum Gasteiger partial charge on any atom is -0.339 e. The van der Waals surface area contributed by atoms with Gasteiger partial charge in [-0.2, -0.15) is 0 Å². The fraction of sp³-hybridized carbons (Fsp3) is 0.235. The molecular weight excluding hydrogens is 316 g/mol. The van der Waals surface area contributed by atoms with Crippen LogP contribution in [0.2, 0.25) is 0 Å². The Bertz CT molecular complexity index is 716. The van der Waals surface area contributed by atoms with Crippen molar-refractivity contribution in [3.63, 3.8) is 0 Å². The van der Waals surface area contributed by atoms with E-state index in [-0.39, 0.29) is 11.6 Å². The summed E-state index contributed by atoms with van der Waals surface area (Å²) in [6.07, 6.45) is 1.59. The molecule has 1 atom stereocenters. The number of amides is 2. The van der Waals surface area contributed by atoms with Gasteiger partial charge in [0.1, 0.15) is 11.6 Å². The molecule has 0 radical (unpaired) electrons. The molecule has 2 amide bonds. The SMILES string of the molecule is CC(C)C(NC(=O)C(=O)Nc1cc(F)cc(F)c1)c1ccccn1. The van der Waals surface area contributed by atoms with Crippen LogP contribution in [-0.4, -0.2) is 16.8 Å². The van der Waals surface area contributed by atoms with Crippen LogP contribution in [0, 0.1) is 17.6 Å². The number of benzene rings is 1. The lowest BCUT2D eigenvalue weighted by Crippen LogP contribution is -2.39. The van der Waals surface area contributed by atoms with Gasteiger partial charge in [0.25, 0.3) is 0 Å². The molecule has 0 saturated carbocycles. The summed E-state index contributed by atoms with van der Waals surface area (Å²) in [7, 11) is 0. The Kier molecular flexibility index (Phi) is 5.57. The monoisotopic (exact) mass is 333 g/mol. The molecule has 24 heavy (non-hydrogen) atoms. The average molecular weight is 333 g/mol. The zero-order valence-electron chi connectivity index (χ0n) is 13.2. The second-order valence-electron chi connectivity index (χ2n) is 5.56. The van der Waals surface area contributed by atoms with Gasteiger partial charge in [-0.15, -0.1) is 0 Å². The van der Waals surface area contributed by atoms with E-state index in [1.165, 1.54) is 0 Å². The maximum atomic E-state index is 13.1. The van der Waals surface area contributed by atoms with Crippen molar-refractivity contribution in [2.24, 2.45) is 5.92 Å². The molecule has 0 aliphatic carbocycles. The molecular formula is C17H17F2N3O2. The summed E-state index contributed by atoms with van der Waals surface area (Å²) in [5.41, 5.74) is 0.483. The largest absolute Gasteiger partial charge is 0.339 e. The standard InChI is InChI=1S/C17H17F2N3O2/c1-10(2)15(14-5-3-4-6-20-14)22-17(24)16(23)21-13-8-11(18)7-12(19)9-13/h3-10,15H,1-2H3,(H,21,23)(H,22,24). The van der Waals surface area contributed by atoms with E-state index in [4.69, 9.17) is 0 Å². The van der Waals surface area contributed by atoms with Gasteiger partial charge >= 0.3 is 11.8 Å². The van der Waals surface area contributed by atoms with Crippen LogP contribution in [-0.2, 0) is 9.59 Å². The number of halogens is 2. The summed E-state index contributed by atoms with van der Waals surface area (Å²) in [6.45, 7) is 3.75. The zero-order valence-corrected chi connectivity index (χ0v) is 13.2. The first-order chi connectivity index (χ1) is 11.4. The third-order valence-electron chi connectivity index (χ3n) is 3.29. The maximum absolute atomic E-state index is 13.1. The summed E-state index contributed by atoms with van der Waals surface area (Å²) in [4.78, 5) is 28.2. The van der Waals surface area contributed by atoms with Gasteiger partial charge in [-0.05, 0) is 30.2 Å². The highest BCUT2D eigenvalue weighted by molar-refractivity contribution is 6.39. The Balaban J connectivity index is 2.08. The van der Waals surface area contributed by atoms with Gasteiger partial charge in [0.05, 0.1) is 11.7 Å². The predicted molar refractivity (Wildman–Crippen MR) is 84.9 cm³/mol. The molecule has 2 rings (SSSR count). The molecule has 1 heterocycles. The third-order valence-corrected chi connectivity index (χ3v) is 3.29. The van der Waals surface area contributed by atoms with Gasteiger partial charge in [-0.3, -0.25) is 14.6 Å². The minimum absolute atomic E-state index is 0.0109. The highest BCUT2D eigenvalue weighted by atomic mass is 19.1. The number of pyridine rings is 1. The van der Waals surface area contributed by atoms with E-state index in [9.17, 15) is 18.4 Å². The van der Waals surface area contributed by atoms with Gasteiger partial charge in [-0.1, -0.05) is 19.9 Å². The molecule has 2 N–H and O–H groups in total. The van der Waals surface area contributed by atoms with Crippen molar-refractivity contribution >= 4 is 17.5 Å². The Morgan fingerprint density at radius 1 is 1.04 bits per heavy atom. The number of nitrogens with zero attached hydrogens (tertiary/aromatic N) is 1. The topological polar surface area (TPSA) is 71.1 Å². The summed E-state index contributed by atoms with van der Waals surface area (Å²) < 4.78 is 26.2. The average Bonchev–Trinajstić information content (AvgIpc) is 2.51. The lowest BCUT2D eigenvalue weighted by molar-refractivity contribution is -0.136. The summed E-state index contributed by atoms with van der Waals surface area (Å²) >= 11 is 0. The molecule has 1 aromatic carbocycles. The molecule has 7 heteroatoms. The molecule has 0 saturated heterocycles. The van der Waals surface area contributed by atoms with Crippen molar-refractivity contribution in [1.82, 2.24) is 10.3 Å². The third kappa shape index (κ3) is 4.58. The van der Waals surface area contributed by atoms with Crippen LogP contribution >= 0.6 is 0 Å². The molecule has 0 fully saturated rings. The number of nitrogens with one attached hydrogen (secondary N) is 2. The number of carbonyl (C=O) groups is 2. The van der Waals surface area contributed by atoms with E-state index in [0.717, 1.165) is 12.1 Å². The van der Waals surface area contributed by atoms with Crippen LogP contribution in [0.5, 0.6) is 0 Å². The van der Waals surface area contributed by atoms with Crippen molar-refractivity contribution in [2.75, 3.05) is 5.32 Å². The molecule has 5 nitrogen and oxygen atoms in total. The van der Waals surface area contributed by atoms with Crippen molar-refractivity contribution in [3.05, 3.63) is 59.9 Å². The Morgan fingerprint density at radius 2 is 1.71 bits per heavy atom. The van der Waals surface area contributed by atoms with E-state index in [1.54, 1.807) is 24.4 Å². The van der Waals surface area contributed by atoms with Crippen LogP contribution in [0.4, 0.5) is 14.5 Å². The first-order valence-corrected chi connectivity index (χ1v) is 7.35. The molecule has 0 bridgehead atoms. The number of rotatable bonds is 4. The fourth-order valence-corrected chi connectivity index (χ4v) is 2.16. The van der Waals surface area contributed by atoms with Crippen LogP contribution in [0.3, 0.4) is 0 Å². The quantitative estimate of drug-likeness (QED) is 0.845. The molecule has 2 aromatic rings. The first kappa shape index (κ1) is 17.5. The molecule has 0 aliphatic heterocycles. The van der Waals surface area contributed by atoms with Crippen LogP contribution in [0.1, 0.15) is 25.6 Å². The minimum atomic E-state index is -1.01. The molecule has 1 aromatic heterocycles. The number of aromatic nitrogens is 1. The van der Waals surface area contributed by atoms with Gasteiger partial charge < -0.3 is 10.6 Å². The van der Waals surface area contributed by atoms with Gasteiger partial charge in [-0.25, -0.2) is 8.78 Å². The Labute approximate surface area is 138 Å². The molecule has 126 valence electrons. The second kappa shape index (κ2) is 7.63. The van der Waals surface area contributed by atoms with E-state index < -0.39 is 29.5 Å². The number of carbonyl (C=O) groups excluding carboxylic acids is 2. The zero-order chi connectivity index (χ0) is 17.7. The van der Waals surface area contributed by atoms with Crippen LogP contribution in [0.25, 0.3) is 0 Å². The van der Waals surface area contributed by atoms with E-state index >= 15 is 0 Å². The van der Waals surface area contributed by atoms with E-state index in [0.29, 0.717) is 11.8 Å². The maximum Gasteiger partial charge on any atom is 0.313 e. The fourth-order valence-electron chi connectivity index (χ4n) is 2.16. The molecule has 0 aliphatic rings. The molecule has 0 spiro atoms. The van der Waals surface area contributed by atoms with Gasteiger partial charge in [0.2, 0.25) is 0 Å². The van der Waals surface area contributed by atoms with Crippen LogP contribution in [0.15, 0.2) is 42.6 Å². The normalized spacial score (nSPS) is 11.9. The number of hydrogen-bond donors (Lipinski definition) is 2.